The van der Waals surface area contributed by atoms with Gasteiger partial charge in [-0.1, -0.05) is 96.8 Å². The van der Waals surface area contributed by atoms with E-state index < -0.39 is 15.1 Å². The minimum absolute atomic E-state index is 0.0252. The molecule has 1 atom stereocenters. The van der Waals surface area contributed by atoms with E-state index in [0.717, 1.165) is 16.7 Å². The Hall–Kier alpha value is -3.13. The van der Waals surface area contributed by atoms with Gasteiger partial charge >= 0.3 is 0 Å². The summed E-state index contributed by atoms with van der Waals surface area (Å²) in [5.41, 5.74) is 5.59. The van der Waals surface area contributed by atoms with Gasteiger partial charge in [0.15, 0.2) is 9.84 Å². The van der Waals surface area contributed by atoms with E-state index in [1.165, 1.54) is 20.9 Å². The molecule has 4 aromatic carbocycles. The molecule has 0 saturated carbocycles. The van der Waals surface area contributed by atoms with Gasteiger partial charge in [-0.2, -0.15) is 0 Å². The summed E-state index contributed by atoms with van der Waals surface area (Å²) < 4.78 is 26.2. The lowest BCUT2D eigenvalue weighted by molar-refractivity contribution is -0.119. The molecule has 46 heavy (non-hydrogen) atoms. The van der Waals surface area contributed by atoms with Gasteiger partial charge in [0.1, 0.15) is 11.6 Å². The first-order valence-corrected chi connectivity index (χ1v) is 19.1. The third kappa shape index (κ3) is 12.2. The van der Waals surface area contributed by atoms with E-state index in [4.69, 9.17) is 0 Å². The van der Waals surface area contributed by atoms with Crippen molar-refractivity contribution in [2.45, 2.75) is 98.2 Å². The molecular weight excluding hydrogens is 629 g/mol. The summed E-state index contributed by atoms with van der Waals surface area (Å²) in [6.07, 6.45) is 1.98. The maximum Gasteiger partial charge on any atom is 0.181 e. The second-order valence-electron chi connectivity index (χ2n) is 11.7. The van der Waals surface area contributed by atoms with E-state index in [-0.39, 0.29) is 21.7 Å². The molecule has 4 rings (SSSR count). The van der Waals surface area contributed by atoms with Crippen LogP contribution in [0.15, 0.2) is 112 Å². The van der Waals surface area contributed by atoms with Crippen LogP contribution in [-0.4, -0.2) is 29.8 Å². The first-order valence-electron chi connectivity index (χ1n) is 15.8. The highest BCUT2D eigenvalue weighted by Gasteiger charge is 2.29. The molecule has 4 nitrogen and oxygen atoms in total. The Kier molecular flexibility index (Phi) is 14.8. The van der Waals surface area contributed by atoms with Crippen molar-refractivity contribution >= 4 is 44.9 Å². The summed E-state index contributed by atoms with van der Waals surface area (Å²) in [6, 6.07) is 31.7. The molecule has 244 valence electrons. The second-order valence-corrected chi connectivity index (χ2v) is 16.7. The lowest BCUT2D eigenvalue weighted by Crippen LogP contribution is -2.27. The number of thioether (sulfide) groups is 2. The molecular formula is C39H46O4S3. The van der Waals surface area contributed by atoms with E-state index in [0.29, 0.717) is 31.5 Å². The zero-order chi connectivity index (χ0) is 33.7. The van der Waals surface area contributed by atoms with Crippen LogP contribution in [0.5, 0.6) is 0 Å². The van der Waals surface area contributed by atoms with Crippen LogP contribution < -0.4 is 0 Å². The first-order chi connectivity index (χ1) is 21.9. The second kappa shape index (κ2) is 18.3. The zero-order valence-corrected chi connectivity index (χ0v) is 30.2. The summed E-state index contributed by atoms with van der Waals surface area (Å²) in [6.45, 7) is 11.8. The van der Waals surface area contributed by atoms with E-state index in [1.54, 1.807) is 54.7 Å². The fraction of sp³-hybridized carbons (Fsp3) is 0.333. The SMILES string of the molecule is CCC(=O)CC(Cc1ccc(C)cc1)S(=O)(=O)c1ccc(C)cc1.CCC(=O)CC(Sc1ccc(C)cc1)Sc1ccc(C)cc1. The Bertz CT molecular complexity index is 1600. The maximum absolute atomic E-state index is 13.0. The minimum atomic E-state index is -3.55. The number of carbonyl (C=O) groups is 2. The number of hydrogen-bond acceptors (Lipinski definition) is 6. The summed E-state index contributed by atoms with van der Waals surface area (Å²) in [5.74, 6) is 0.298. The van der Waals surface area contributed by atoms with Crippen molar-refractivity contribution in [2.24, 2.45) is 0 Å². The molecule has 0 N–H and O–H groups in total. The first kappa shape index (κ1) is 37.3. The number of sulfone groups is 1. The van der Waals surface area contributed by atoms with Crippen LogP contribution in [0.3, 0.4) is 0 Å². The smallest absolute Gasteiger partial charge is 0.181 e. The van der Waals surface area contributed by atoms with Gasteiger partial charge in [-0.05, 0) is 76.1 Å². The van der Waals surface area contributed by atoms with Crippen LogP contribution >= 0.6 is 23.5 Å². The van der Waals surface area contributed by atoms with Crippen molar-refractivity contribution in [3.63, 3.8) is 0 Å². The molecule has 0 aliphatic carbocycles. The van der Waals surface area contributed by atoms with Crippen molar-refractivity contribution in [1.82, 2.24) is 0 Å². The van der Waals surface area contributed by atoms with E-state index in [1.807, 2.05) is 45.0 Å². The Balaban J connectivity index is 0.000000251. The molecule has 1 unspecified atom stereocenters. The standard InChI is InChI=1S/C20H24O3S.C19H22OS2/c1-4-18(21)14-20(13-17-9-5-15(2)6-10-17)24(22,23)19-11-7-16(3)8-12-19;1-4-16(20)13-19(21-17-9-5-14(2)6-10-17)22-18-11-7-15(3)8-12-18/h5-12,20H,4,13-14H2,1-3H3;5-12,19H,4,13H2,1-3H3. The Morgan fingerprint density at radius 1 is 0.565 bits per heavy atom. The average Bonchev–Trinajstić information content (AvgIpc) is 3.04. The normalized spacial score (nSPS) is 11.9. The number of ketones is 2. The monoisotopic (exact) mass is 674 g/mol. The quantitative estimate of drug-likeness (QED) is 0.0980. The molecule has 0 amide bonds. The highest BCUT2D eigenvalue weighted by molar-refractivity contribution is 8.17. The number of rotatable bonds is 14. The number of carbonyl (C=O) groups excluding carboxylic acids is 2. The topological polar surface area (TPSA) is 68.3 Å². The Morgan fingerprint density at radius 3 is 1.35 bits per heavy atom. The summed E-state index contributed by atoms with van der Waals surface area (Å²) in [5, 5.41) is -0.727. The van der Waals surface area contributed by atoms with E-state index in [9.17, 15) is 18.0 Å². The van der Waals surface area contributed by atoms with Crippen LogP contribution in [0.1, 0.15) is 67.3 Å². The van der Waals surface area contributed by atoms with E-state index in [2.05, 4.69) is 62.4 Å². The van der Waals surface area contributed by atoms with Gasteiger partial charge in [0.05, 0.1) is 14.7 Å². The maximum atomic E-state index is 13.0. The van der Waals surface area contributed by atoms with Crippen molar-refractivity contribution in [1.29, 1.82) is 0 Å². The average molecular weight is 675 g/mol. The number of Topliss-reactive ketones (excluding diaryl/α,β-unsaturated/α-hetero) is 2. The molecule has 4 aromatic rings. The summed E-state index contributed by atoms with van der Waals surface area (Å²) in [7, 11) is -3.55. The van der Waals surface area contributed by atoms with Crippen molar-refractivity contribution in [3.8, 4) is 0 Å². The molecule has 0 aliphatic rings. The van der Waals surface area contributed by atoms with Crippen molar-refractivity contribution in [3.05, 3.63) is 125 Å². The van der Waals surface area contributed by atoms with Crippen LogP contribution in [0.2, 0.25) is 0 Å². The van der Waals surface area contributed by atoms with Crippen LogP contribution in [0.4, 0.5) is 0 Å². The minimum Gasteiger partial charge on any atom is -0.300 e. The van der Waals surface area contributed by atoms with Gasteiger partial charge in [-0.3, -0.25) is 9.59 Å². The van der Waals surface area contributed by atoms with Gasteiger partial charge in [0, 0.05) is 35.5 Å². The molecule has 0 aromatic heterocycles. The van der Waals surface area contributed by atoms with Gasteiger partial charge in [0.2, 0.25) is 0 Å². The van der Waals surface area contributed by atoms with Crippen LogP contribution in [-0.2, 0) is 25.8 Å². The van der Waals surface area contributed by atoms with Crippen molar-refractivity contribution in [2.75, 3.05) is 0 Å². The third-order valence-electron chi connectivity index (χ3n) is 7.59. The highest BCUT2D eigenvalue weighted by Crippen LogP contribution is 2.38. The molecule has 0 saturated heterocycles. The number of hydrogen-bond donors (Lipinski definition) is 0. The predicted octanol–water partition coefficient (Wildman–Crippen LogP) is 9.94. The molecule has 0 spiro atoms. The lowest BCUT2D eigenvalue weighted by Gasteiger charge is -2.17. The molecule has 0 radical (unpaired) electrons. The van der Waals surface area contributed by atoms with Crippen molar-refractivity contribution < 1.29 is 18.0 Å². The predicted molar refractivity (Wildman–Crippen MR) is 195 cm³/mol. The fourth-order valence-corrected chi connectivity index (χ4v) is 8.88. The molecule has 0 aliphatic heterocycles. The van der Waals surface area contributed by atoms with Gasteiger partial charge < -0.3 is 0 Å². The molecule has 0 fully saturated rings. The van der Waals surface area contributed by atoms with Crippen LogP contribution in [0, 0.1) is 27.7 Å². The Morgan fingerprint density at radius 2 is 0.935 bits per heavy atom. The lowest BCUT2D eigenvalue weighted by atomic mass is 10.0. The van der Waals surface area contributed by atoms with E-state index >= 15 is 0 Å². The van der Waals surface area contributed by atoms with Crippen LogP contribution in [0.25, 0.3) is 0 Å². The molecule has 0 bridgehead atoms. The number of benzene rings is 4. The zero-order valence-electron chi connectivity index (χ0n) is 27.8. The Labute approximate surface area is 284 Å². The fourth-order valence-electron chi connectivity index (χ4n) is 4.57. The molecule has 7 heteroatoms. The third-order valence-corrected chi connectivity index (χ3v) is 12.3. The van der Waals surface area contributed by atoms with Gasteiger partial charge in [-0.25, -0.2) is 8.42 Å². The van der Waals surface area contributed by atoms with Gasteiger partial charge in [0.25, 0.3) is 0 Å². The number of aryl methyl sites for hydroxylation is 4. The van der Waals surface area contributed by atoms with Gasteiger partial charge in [-0.15, -0.1) is 23.5 Å². The largest absolute Gasteiger partial charge is 0.300 e. The summed E-state index contributed by atoms with van der Waals surface area (Å²) in [4.78, 5) is 26.5. The summed E-state index contributed by atoms with van der Waals surface area (Å²) >= 11 is 3.56. The molecule has 0 heterocycles. The highest BCUT2D eigenvalue weighted by atomic mass is 32.2.